The molecular formula is C25H25FN6O. The van der Waals surface area contributed by atoms with Crippen LogP contribution in [0.5, 0.6) is 0 Å². The maximum Gasteiger partial charge on any atom is 0.274 e. The number of piperidine rings is 1. The predicted molar refractivity (Wildman–Crippen MR) is 123 cm³/mol. The minimum Gasteiger partial charge on any atom is -0.336 e. The summed E-state index contributed by atoms with van der Waals surface area (Å²) in [6, 6.07) is 8.32. The Morgan fingerprint density at radius 3 is 2.70 bits per heavy atom. The summed E-state index contributed by atoms with van der Waals surface area (Å²) in [6.07, 6.45) is 5.85. The molecule has 0 bridgehead atoms. The van der Waals surface area contributed by atoms with Crippen molar-refractivity contribution in [2.45, 2.75) is 44.6 Å². The summed E-state index contributed by atoms with van der Waals surface area (Å²) in [5.41, 5.74) is 9.32. The second kappa shape index (κ2) is 8.41. The van der Waals surface area contributed by atoms with Crippen LogP contribution in [-0.2, 0) is 0 Å². The van der Waals surface area contributed by atoms with Crippen molar-refractivity contribution in [2.24, 2.45) is 5.73 Å². The number of carbonyl (C=O) groups is 1. The van der Waals surface area contributed by atoms with E-state index in [0.29, 0.717) is 41.8 Å². The molecule has 1 saturated heterocycles. The van der Waals surface area contributed by atoms with E-state index in [4.69, 9.17) is 12.3 Å². The van der Waals surface area contributed by atoms with Crippen LogP contribution in [0.25, 0.3) is 21.9 Å². The van der Waals surface area contributed by atoms with Gasteiger partial charge in [-0.15, -0.1) is 0 Å². The van der Waals surface area contributed by atoms with Gasteiger partial charge in [0.25, 0.3) is 5.91 Å². The highest BCUT2D eigenvalue weighted by atomic mass is 19.1. The monoisotopic (exact) mass is 444 g/mol. The topological polar surface area (TPSA) is 81.4 Å². The summed E-state index contributed by atoms with van der Waals surface area (Å²) >= 11 is 0. The lowest BCUT2D eigenvalue weighted by Gasteiger charge is -2.30. The van der Waals surface area contributed by atoms with Gasteiger partial charge in [0.15, 0.2) is 0 Å². The third-order valence-corrected chi connectivity index (χ3v) is 6.41. The van der Waals surface area contributed by atoms with Crippen LogP contribution in [0.2, 0.25) is 0 Å². The van der Waals surface area contributed by atoms with Crippen LogP contribution in [-0.4, -0.2) is 44.5 Å². The number of nitrogens with zero attached hydrogens (tertiary/aromatic N) is 5. The minimum atomic E-state index is -0.619. The van der Waals surface area contributed by atoms with Crippen LogP contribution < -0.4 is 5.73 Å². The van der Waals surface area contributed by atoms with E-state index < -0.39 is 5.82 Å². The summed E-state index contributed by atoms with van der Waals surface area (Å²) in [4.78, 5) is 27.6. The zero-order chi connectivity index (χ0) is 23.1. The van der Waals surface area contributed by atoms with Crippen molar-refractivity contribution in [3.05, 3.63) is 70.8 Å². The van der Waals surface area contributed by atoms with Gasteiger partial charge < -0.3 is 10.6 Å². The van der Waals surface area contributed by atoms with E-state index in [9.17, 15) is 9.18 Å². The molecule has 0 radical (unpaired) electrons. The molecule has 33 heavy (non-hydrogen) atoms. The second-order valence-corrected chi connectivity index (χ2v) is 8.85. The molecule has 0 spiro atoms. The Kier molecular flexibility index (Phi) is 5.43. The van der Waals surface area contributed by atoms with Crippen LogP contribution in [0.1, 0.15) is 53.5 Å². The highest BCUT2D eigenvalue weighted by Gasteiger charge is 2.29. The zero-order valence-corrected chi connectivity index (χ0v) is 18.5. The summed E-state index contributed by atoms with van der Waals surface area (Å²) in [7, 11) is 0. The molecule has 168 valence electrons. The maximum atomic E-state index is 14.5. The molecule has 1 aliphatic heterocycles. The second-order valence-electron chi connectivity index (χ2n) is 8.85. The summed E-state index contributed by atoms with van der Waals surface area (Å²) in [5, 5.41) is 0. The largest absolute Gasteiger partial charge is 0.336 e. The molecule has 1 atom stereocenters. The number of hydrogen-bond donors (Lipinski definition) is 1. The Balaban J connectivity index is 1.61. The molecule has 0 unspecified atom stereocenters. The Bertz CT molecular complexity index is 1260. The summed E-state index contributed by atoms with van der Waals surface area (Å²) in [5.74, 6) is 0.168. The van der Waals surface area contributed by atoms with Gasteiger partial charge in [-0.3, -0.25) is 14.3 Å². The molecule has 2 aliphatic rings. The van der Waals surface area contributed by atoms with Gasteiger partial charge in [0.1, 0.15) is 17.3 Å². The van der Waals surface area contributed by atoms with E-state index >= 15 is 0 Å². The molecule has 7 nitrogen and oxygen atoms in total. The summed E-state index contributed by atoms with van der Waals surface area (Å²) < 4.78 is 16.3. The average molecular weight is 445 g/mol. The molecule has 1 amide bonds. The smallest absolute Gasteiger partial charge is 0.274 e. The van der Waals surface area contributed by atoms with E-state index in [2.05, 4.69) is 14.8 Å². The van der Waals surface area contributed by atoms with Gasteiger partial charge in [0.2, 0.25) is 5.69 Å². The number of imidazole rings is 1. The van der Waals surface area contributed by atoms with E-state index in [-0.39, 0.29) is 17.6 Å². The Morgan fingerprint density at radius 1 is 1.24 bits per heavy atom. The van der Waals surface area contributed by atoms with Crippen LogP contribution in [0.15, 0.2) is 36.5 Å². The van der Waals surface area contributed by atoms with Crippen molar-refractivity contribution in [1.29, 1.82) is 0 Å². The van der Waals surface area contributed by atoms with Crippen LogP contribution >= 0.6 is 0 Å². The number of aromatic nitrogens is 3. The lowest BCUT2D eigenvalue weighted by molar-refractivity contribution is 0.0702. The number of benzene rings is 1. The molecule has 1 aromatic carbocycles. The van der Waals surface area contributed by atoms with E-state index in [1.54, 1.807) is 17.2 Å². The quantitative estimate of drug-likeness (QED) is 0.606. The van der Waals surface area contributed by atoms with Crippen molar-refractivity contribution in [3.63, 3.8) is 0 Å². The van der Waals surface area contributed by atoms with Crippen molar-refractivity contribution in [2.75, 3.05) is 13.1 Å². The fraction of sp³-hybridized carbons (Fsp3) is 0.360. The Hall–Kier alpha value is -3.57. The molecule has 8 heteroatoms. The highest BCUT2D eigenvalue weighted by molar-refractivity contribution is 5.94. The number of nitrogens with two attached hydrogens (primary N) is 1. The number of amides is 1. The fourth-order valence-corrected chi connectivity index (χ4v) is 4.44. The number of hydrogen-bond acceptors (Lipinski definition) is 4. The molecular weight excluding hydrogens is 419 g/mol. The van der Waals surface area contributed by atoms with E-state index in [0.717, 1.165) is 37.1 Å². The first-order chi connectivity index (χ1) is 16.0. The number of carbonyl (C=O) groups excluding carboxylic acids is 1. The van der Waals surface area contributed by atoms with Gasteiger partial charge in [-0.25, -0.2) is 14.2 Å². The van der Waals surface area contributed by atoms with Crippen molar-refractivity contribution in [3.8, 4) is 17.1 Å². The zero-order valence-electron chi connectivity index (χ0n) is 18.5. The fourth-order valence-electron chi connectivity index (χ4n) is 4.44. The van der Waals surface area contributed by atoms with Crippen LogP contribution in [0.4, 0.5) is 10.1 Å². The first-order valence-corrected chi connectivity index (χ1v) is 11.2. The number of pyridine rings is 1. The first-order valence-electron chi connectivity index (χ1n) is 11.2. The maximum absolute atomic E-state index is 14.5. The molecule has 2 N–H and O–H groups in total. The predicted octanol–water partition coefficient (Wildman–Crippen LogP) is 4.37. The average Bonchev–Trinajstić information content (AvgIpc) is 3.61. The molecule has 3 aromatic rings. The molecule has 1 aliphatic carbocycles. The Labute approximate surface area is 191 Å². The van der Waals surface area contributed by atoms with Crippen molar-refractivity contribution in [1.82, 2.24) is 19.4 Å². The Morgan fingerprint density at radius 2 is 2.06 bits per heavy atom. The molecule has 2 aromatic heterocycles. The number of likely N-dealkylation sites (tertiary alicyclic amines) is 1. The van der Waals surface area contributed by atoms with Gasteiger partial charge >= 0.3 is 0 Å². The summed E-state index contributed by atoms with van der Waals surface area (Å²) in [6.45, 7) is 10.1. The molecule has 2 fully saturated rings. The van der Waals surface area contributed by atoms with Gasteiger partial charge in [-0.1, -0.05) is 12.1 Å². The standard InChI is InChI=1S/C25H25FN6O/c1-15-23(25(33)31-11-3-4-18(27)14-31)30-24(17-7-9-22(28-2)20(26)12-17)32(15)19-8-10-21(29-13-19)16-5-6-16/h7-10,12-13,16,18H,3-6,11,14,27H2,1H3/t18-/m1/s1. The van der Waals surface area contributed by atoms with Gasteiger partial charge in [-0.05, 0) is 50.8 Å². The number of halogens is 1. The normalized spacial score (nSPS) is 18.2. The van der Waals surface area contributed by atoms with E-state index in [1.165, 1.54) is 12.1 Å². The third-order valence-electron chi connectivity index (χ3n) is 6.41. The number of rotatable bonds is 4. The third kappa shape index (κ3) is 4.00. The molecule has 1 saturated carbocycles. The van der Waals surface area contributed by atoms with Gasteiger partial charge in [0, 0.05) is 36.3 Å². The van der Waals surface area contributed by atoms with Crippen molar-refractivity contribution < 1.29 is 9.18 Å². The highest BCUT2D eigenvalue weighted by Crippen LogP contribution is 2.39. The lowest BCUT2D eigenvalue weighted by atomic mass is 10.1. The van der Waals surface area contributed by atoms with Crippen LogP contribution in [0.3, 0.4) is 0 Å². The molecule has 3 heterocycles. The van der Waals surface area contributed by atoms with E-state index in [1.807, 2.05) is 23.6 Å². The van der Waals surface area contributed by atoms with Gasteiger partial charge in [-0.2, -0.15) is 0 Å². The minimum absolute atomic E-state index is 0.0426. The molecule has 5 rings (SSSR count). The van der Waals surface area contributed by atoms with Crippen LogP contribution in [0, 0.1) is 19.3 Å². The SMILES string of the molecule is [C-]#[N+]c1ccc(-c2nc(C(=O)N3CCC[C@@H](N)C3)c(C)n2-c2ccc(C3CC3)nc2)cc1F. The van der Waals surface area contributed by atoms with Crippen molar-refractivity contribution >= 4 is 11.6 Å². The van der Waals surface area contributed by atoms with Gasteiger partial charge in [0.05, 0.1) is 24.2 Å². The first kappa shape index (κ1) is 21.3. The lowest BCUT2D eigenvalue weighted by Crippen LogP contribution is -2.46.